The number of nitrogens with zero attached hydrogens (tertiary/aromatic N) is 2. The molecule has 2 N–H and O–H groups in total. The molecule has 1 rings (SSSR count). The predicted molar refractivity (Wildman–Crippen MR) is 57.1 cm³/mol. The molecule has 1 aromatic rings. The molecule has 0 saturated carbocycles. The van der Waals surface area contributed by atoms with Crippen molar-refractivity contribution in [3.05, 3.63) is 17.2 Å². The fourth-order valence-corrected chi connectivity index (χ4v) is 1.43. The van der Waals surface area contributed by atoms with E-state index in [0.29, 0.717) is 11.4 Å². The summed E-state index contributed by atoms with van der Waals surface area (Å²) >= 11 is 0. The first-order valence-corrected chi connectivity index (χ1v) is 5.27. The van der Waals surface area contributed by atoms with Gasteiger partial charge in [-0.3, -0.25) is 0 Å². The summed E-state index contributed by atoms with van der Waals surface area (Å²) in [5.74, 6) is 0.857. The summed E-state index contributed by atoms with van der Waals surface area (Å²) in [6.07, 6.45) is 1.13. The quantitative estimate of drug-likeness (QED) is 0.792. The van der Waals surface area contributed by atoms with Gasteiger partial charge in [0.15, 0.2) is 5.69 Å². The molecule has 0 aliphatic rings. The van der Waals surface area contributed by atoms with E-state index in [1.807, 2.05) is 26.8 Å². The zero-order valence-corrected chi connectivity index (χ0v) is 9.41. The fraction of sp³-hybridized carbons (Fsp3) is 0.636. The van der Waals surface area contributed by atoms with Gasteiger partial charge in [0.2, 0.25) is 0 Å². The highest BCUT2D eigenvalue weighted by atomic mass is 16.3. The second-order valence-corrected chi connectivity index (χ2v) is 4.00. The van der Waals surface area contributed by atoms with Crippen molar-refractivity contribution in [3.8, 4) is 6.07 Å². The molecular weight excluding hydrogens is 190 g/mol. The average molecular weight is 207 g/mol. The Morgan fingerprint density at radius 2 is 2.20 bits per heavy atom. The van der Waals surface area contributed by atoms with Crippen LogP contribution in [0.15, 0.2) is 0 Å². The second-order valence-electron chi connectivity index (χ2n) is 4.00. The Hall–Kier alpha value is -1.34. The molecule has 4 heteroatoms. The van der Waals surface area contributed by atoms with Crippen LogP contribution >= 0.6 is 0 Å². The number of aromatic amines is 1. The number of aromatic nitrogens is 2. The molecule has 0 radical (unpaired) electrons. The summed E-state index contributed by atoms with van der Waals surface area (Å²) in [6.45, 7) is 5.87. The fourth-order valence-electron chi connectivity index (χ4n) is 1.43. The average Bonchev–Trinajstić information content (AvgIpc) is 2.60. The van der Waals surface area contributed by atoms with E-state index in [2.05, 4.69) is 9.97 Å². The number of imidazole rings is 1. The van der Waals surface area contributed by atoms with Crippen molar-refractivity contribution in [1.29, 1.82) is 5.26 Å². The highest BCUT2D eigenvalue weighted by molar-refractivity contribution is 5.29. The summed E-state index contributed by atoms with van der Waals surface area (Å²) in [4.78, 5) is 7.18. The third-order valence-corrected chi connectivity index (χ3v) is 2.30. The number of aliphatic hydroxyl groups is 1. The van der Waals surface area contributed by atoms with E-state index in [1.54, 1.807) is 0 Å². The SMILES string of the molecule is CCCc1nc(C#N)c(C(O)C(C)C)[nH]1. The van der Waals surface area contributed by atoms with Crippen LogP contribution in [0.3, 0.4) is 0 Å². The van der Waals surface area contributed by atoms with Crippen LogP contribution in [0.4, 0.5) is 0 Å². The molecule has 4 nitrogen and oxygen atoms in total. The molecule has 0 amide bonds. The first-order chi connectivity index (χ1) is 7.10. The van der Waals surface area contributed by atoms with E-state index in [0.717, 1.165) is 18.7 Å². The minimum Gasteiger partial charge on any atom is -0.387 e. The molecule has 1 unspecified atom stereocenters. The van der Waals surface area contributed by atoms with Crippen molar-refractivity contribution >= 4 is 0 Å². The van der Waals surface area contributed by atoms with Crippen molar-refractivity contribution in [2.45, 2.75) is 39.7 Å². The first kappa shape index (κ1) is 11.7. The number of aliphatic hydroxyl groups excluding tert-OH is 1. The molecule has 82 valence electrons. The van der Waals surface area contributed by atoms with Gasteiger partial charge >= 0.3 is 0 Å². The van der Waals surface area contributed by atoms with Gasteiger partial charge in [0.25, 0.3) is 0 Å². The summed E-state index contributed by atoms with van der Waals surface area (Å²) in [7, 11) is 0. The Kier molecular flexibility index (Phi) is 3.87. The molecule has 15 heavy (non-hydrogen) atoms. The van der Waals surface area contributed by atoms with Gasteiger partial charge in [0.1, 0.15) is 11.9 Å². The molecule has 0 aliphatic heterocycles. The Labute approximate surface area is 90.0 Å². The Morgan fingerprint density at radius 1 is 1.53 bits per heavy atom. The van der Waals surface area contributed by atoms with Crippen molar-refractivity contribution in [3.63, 3.8) is 0 Å². The zero-order chi connectivity index (χ0) is 11.4. The van der Waals surface area contributed by atoms with Crippen LogP contribution in [-0.4, -0.2) is 15.1 Å². The molecular formula is C11H17N3O. The van der Waals surface area contributed by atoms with E-state index in [4.69, 9.17) is 5.26 Å². The lowest BCUT2D eigenvalue weighted by atomic mass is 10.0. The predicted octanol–water partition coefficient (Wildman–Crippen LogP) is 1.92. The number of rotatable bonds is 4. The largest absolute Gasteiger partial charge is 0.387 e. The van der Waals surface area contributed by atoms with E-state index in [-0.39, 0.29) is 5.92 Å². The van der Waals surface area contributed by atoms with Gasteiger partial charge in [0, 0.05) is 6.42 Å². The van der Waals surface area contributed by atoms with Crippen molar-refractivity contribution in [2.24, 2.45) is 5.92 Å². The maximum Gasteiger partial charge on any atom is 0.164 e. The molecule has 0 aromatic carbocycles. The minimum atomic E-state index is -0.641. The first-order valence-electron chi connectivity index (χ1n) is 5.27. The smallest absolute Gasteiger partial charge is 0.164 e. The maximum absolute atomic E-state index is 9.87. The lowest BCUT2D eigenvalue weighted by molar-refractivity contribution is 0.122. The van der Waals surface area contributed by atoms with E-state index < -0.39 is 6.10 Å². The maximum atomic E-state index is 9.87. The Balaban J connectivity index is 3.01. The van der Waals surface area contributed by atoms with Crippen LogP contribution in [0.1, 0.15) is 50.5 Å². The number of hydrogen-bond donors (Lipinski definition) is 2. The molecule has 0 bridgehead atoms. The van der Waals surface area contributed by atoms with Crippen LogP contribution in [0.25, 0.3) is 0 Å². The van der Waals surface area contributed by atoms with Crippen LogP contribution in [0.5, 0.6) is 0 Å². The highest BCUT2D eigenvalue weighted by Crippen LogP contribution is 2.22. The van der Waals surface area contributed by atoms with Crippen LogP contribution in [-0.2, 0) is 6.42 Å². The summed E-state index contributed by atoms with van der Waals surface area (Å²) < 4.78 is 0. The van der Waals surface area contributed by atoms with E-state index in [1.165, 1.54) is 0 Å². The van der Waals surface area contributed by atoms with Gasteiger partial charge in [0.05, 0.1) is 11.8 Å². The molecule has 0 fully saturated rings. The lowest BCUT2D eigenvalue weighted by Gasteiger charge is -2.12. The van der Waals surface area contributed by atoms with Crippen LogP contribution < -0.4 is 0 Å². The van der Waals surface area contributed by atoms with Crippen LogP contribution in [0.2, 0.25) is 0 Å². The zero-order valence-electron chi connectivity index (χ0n) is 9.41. The number of H-pyrrole nitrogens is 1. The topological polar surface area (TPSA) is 72.7 Å². The summed E-state index contributed by atoms with van der Waals surface area (Å²) in [5.41, 5.74) is 0.871. The molecule has 0 spiro atoms. The molecule has 0 saturated heterocycles. The van der Waals surface area contributed by atoms with Gasteiger partial charge in [-0.1, -0.05) is 20.8 Å². The second kappa shape index (κ2) is 4.94. The molecule has 1 atom stereocenters. The van der Waals surface area contributed by atoms with Crippen molar-refractivity contribution < 1.29 is 5.11 Å². The Bertz CT molecular complexity index is 362. The van der Waals surface area contributed by atoms with Crippen LogP contribution in [0, 0.1) is 17.2 Å². The van der Waals surface area contributed by atoms with Gasteiger partial charge in [-0.25, -0.2) is 4.98 Å². The standard InChI is InChI=1S/C11H17N3O/c1-4-5-9-13-8(6-12)10(14-9)11(15)7(2)3/h7,11,15H,4-5H2,1-3H3,(H,13,14). The van der Waals surface area contributed by atoms with Gasteiger partial charge < -0.3 is 10.1 Å². The Morgan fingerprint density at radius 3 is 2.67 bits per heavy atom. The number of aryl methyl sites for hydroxylation is 1. The summed E-state index contributed by atoms with van der Waals surface area (Å²) in [6, 6.07) is 2.01. The van der Waals surface area contributed by atoms with Gasteiger partial charge in [-0.15, -0.1) is 0 Å². The van der Waals surface area contributed by atoms with E-state index >= 15 is 0 Å². The number of nitrogens with one attached hydrogen (secondary N) is 1. The van der Waals surface area contributed by atoms with Gasteiger partial charge in [-0.2, -0.15) is 5.26 Å². The van der Waals surface area contributed by atoms with Crippen molar-refractivity contribution in [2.75, 3.05) is 0 Å². The number of hydrogen-bond acceptors (Lipinski definition) is 3. The highest BCUT2D eigenvalue weighted by Gasteiger charge is 2.20. The molecule has 0 aliphatic carbocycles. The minimum absolute atomic E-state index is 0.0760. The third-order valence-electron chi connectivity index (χ3n) is 2.30. The van der Waals surface area contributed by atoms with E-state index in [9.17, 15) is 5.11 Å². The normalized spacial score (nSPS) is 12.8. The van der Waals surface area contributed by atoms with Crippen molar-refractivity contribution in [1.82, 2.24) is 9.97 Å². The summed E-state index contributed by atoms with van der Waals surface area (Å²) in [5, 5.41) is 18.8. The van der Waals surface area contributed by atoms with Gasteiger partial charge in [-0.05, 0) is 12.3 Å². The number of nitriles is 1. The lowest BCUT2D eigenvalue weighted by Crippen LogP contribution is -2.07. The molecule has 1 heterocycles. The monoisotopic (exact) mass is 207 g/mol. The third kappa shape index (κ3) is 2.57. The molecule has 1 aromatic heterocycles.